The number of nitrogens with zero attached hydrogens (tertiary/aromatic N) is 4. The zero-order valence-corrected chi connectivity index (χ0v) is 9.98. The zero-order valence-electron chi connectivity index (χ0n) is 9.98. The summed E-state index contributed by atoms with van der Waals surface area (Å²) in [4.78, 5) is 36.3. The van der Waals surface area contributed by atoms with E-state index in [1.54, 1.807) is 30.7 Å². The molecule has 0 bridgehead atoms. The molecule has 3 heterocycles. The summed E-state index contributed by atoms with van der Waals surface area (Å²) in [5.74, 6) is 0.925. The number of carbonyl (C=O) groups is 2. The van der Waals surface area contributed by atoms with Crippen molar-refractivity contribution >= 4 is 18.0 Å². The van der Waals surface area contributed by atoms with Crippen LogP contribution in [-0.4, -0.2) is 33.7 Å². The molecule has 1 amide bonds. The molecular weight excluding hydrogens is 244 g/mol. The minimum Gasteiger partial charge on any atom is -0.301 e. The molecule has 6 nitrogen and oxygen atoms in total. The number of fused-ring (bicyclic) bond motifs is 1. The van der Waals surface area contributed by atoms with Crippen LogP contribution >= 0.6 is 0 Å². The average molecular weight is 254 g/mol. The Bertz CT molecular complexity index is 642. The summed E-state index contributed by atoms with van der Waals surface area (Å²) in [6.07, 6.45) is 5.89. The second-order valence-electron chi connectivity index (χ2n) is 4.13. The van der Waals surface area contributed by atoms with Crippen LogP contribution in [0.4, 0.5) is 5.82 Å². The first-order valence-corrected chi connectivity index (χ1v) is 5.80. The van der Waals surface area contributed by atoms with E-state index in [2.05, 4.69) is 15.0 Å². The van der Waals surface area contributed by atoms with Gasteiger partial charge in [0.1, 0.15) is 12.1 Å². The molecule has 0 aromatic carbocycles. The molecule has 0 atom stereocenters. The van der Waals surface area contributed by atoms with E-state index in [-0.39, 0.29) is 18.9 Å². The minimum atomic E-state index is -0.122. The van der Waals surface area contributed by atoms with Gasteiger partial charge >= 0.3 is 0 Å². The van der Waals surface area contributed by atoms with E-state index < -0.39 is 0 Å². The first-order chi connectivity index (χ1) is 9.29. The third-order valence-corrected chi connectivity index (χ3v) is 2.94. The van der Waals surface area contributed by atoms with Gasteiger partial charge < -0.3 is 4.79 Å². The summed E-state index contributed by atoms with van der Waals surface area (Å²) < 4.78 is 0. The van der Waals surface area contributed by atoms with Crippen molar-refractivity contribution in [2.75, 3.05) is 11.4 Å². The molecule has 0 saturated heterocycles. The summed E-state index contributed by atoms with van der Waals surface area (Å²) in [5, 5.41) is 0. The van der Waals surface area contributed by atoms with Crippen LogP contribution in [0.25, 0.3) is 11.4 Å². The van der Waals surface area contributed by atoms with Crippen molar-refractivity contribution in [2.45, 2.75) is 6.42 Å². The van der Waals surface area contributed by atoms with Gasteiger partial charge in [0, 0.05) is 29.7 Å². The topological polar surface area (TPSA) is 76.1 Å². The van der Waals surface area contributed by atoms with Crippen LogP contribution in [0.15, 0.2) is 30.7 Å². The lowest BCUT2D eigenvalue weighted by Gasteiger charge is -2.12. The van der Waals surface area contributed by atoms with Gasteiger partial charge in [-0.05, 0) is 12.1 Å². The predicted molar refractivity (Wildman–Crippen MR) is 67.4 cm³/mol. The second-order valence-corrected chi connectivity index (χ2v) is 4.13. The van der Waals surface area contributed by atoms with Gasteiger partial charge in [0.2, 0.25) is 5.91 Å². The van der Waals surface area contributed by atoms with Crippen molar-refractivity contribution in [1.29, 1.82) is 0 Å². The molecule has 0 fully saturated rings. The summed E-state index contributed by atoms with van der Waals surface area (Å²) in [6.45, 7) is 0.0264. The standard InChI is InChI=1S/C13H10N4O2/c18-6-5-17-11(19)7-10-8-15-12(16-13(10)17)9-1-3-14-4-2-9/h1-4,6,8H,5,7H2. The molecule has 0 unspecified atom stereocenters. The molecule has 0 aliphatic carbocycles. The van der Waals surface area contributed by atoms with Crippen LogP contribution in [0.1, 0.15) is 5.56 Å². The lowest BCUT2D eigenvalue weighted by molar-refractivity contribution is -0.118. The fourth-order valence-corrected chi connectivity index (χ4v) is 2.04. The number of pyridine rings is 1. The Morgan fingerprint density at radius 1 is 1.32 bits per heavy atom. The van der Waals surface area contributed by atoms with Gasteiger partial charge in [-0.1, -0.05) is 0 Å². The van der Waals surface area contributed by atoms with Crippen molar-refractivity contribution in [3.8, 4) is 11.4 Å². The highest BCUT2D eigenvalue weighted by Crippen LogP contribution is 2.27. The Morgan fingerprint density at radius 3 is 2.84 bits per heavy atom. The van der Waals surface area contributed by atoms with Crippen molar-refractivity contribution in [3.05, 3.63) is 36.3 Å². The molecule has 0 N–H and O–H groups in total. The smallest absolute Gasteiger partial charge is 0.233 e. The number of aldehydes is 1. The van der Waals surface area contributed by atoms with Crippen LogP contribution in [0.3, 0.4) is 0 Å². The molecule has 6 heteroatoms. The zero-order chi connectivity index (χ0) is 13.2. The van der Waals surface area contributed by atoms with Crippen molar-refractivity contribution < 1.29 is 9.59 Å². The molecule has 1 aliphatic rings. The maximum absolute atomic E-state index is 11.8. The number of hydrogen-bond donors (Lipinski definition) is 0. The van der Waals surface area contributed by atoms with Gasteiger partial charge in [-0.25, -0.2) is 9.97 Å². The number of hydrogen-bond acceptors (Lipinski definition) is 5. The first kappa shape index (κ1) is 11.5. The Hall–Kier alpha value is -2.63. The van der Waals surface area contributed by atoms with E-state index in [9.17, 15) is 9.59 Å². The third kappa shape index (κ3) is 1.97. The number of aromatic nitrogens is 3. The van der Waals surface area contributed by atoms with Crippen molar-refractivity contribution in [3.63, 3.8) is 0 Å². The maximum Gasteiger partial charge on any atom is 0.233 e. The van der Waals surface area contributed by atoms with Crippen LogP contribution < -0.4 is 4.90 Å². The quantitative estimate of drug-likeness (QED) is 0.751. The maximum atomic E-state index is 11.8. The highest BCUT2D eigenvalue weighted by atomic mass is 16.2. The van der Waals surface area contributed by atoms with E-state index in [4.69, 9.17) is 0 Å². The van der Waals surface area contributed by atoms with Gasteiger partial charge in [-0.3, -0.25) is 14.7 Å². The Balaban J connectivity index is 2.05. The predicted octanol–water partition coefficient (Wildman–Crippen LogP) is 0.627. The van der Waals surface area contributed by atoms with Gasteiger partial charge in [-0.2, -0.15) is 0 Å². The first-order valence-electron chi connectivity index (χ1n) is 5.80. The molecule has 2 aromatic heterocycles. The monoisotopic (exact) mass is 254 g/mol. The molecule has 19 heavy (non-hydrogen) atoms. The summed E-state index contributed by atoms with van der Waals surface area (Å²) in [7, 11) is 0. The molecule has 3 rings (SSSR count). The summed E-state index contributed by atoms with van der Waals surface area (Å²) in [6, 6.07) is 3.59. The molecule has 94 valence electrons. The minimum absolute atomic E-state index is 0.0264. The normalized spacial score (nSPS) is 13.5. The second kappa shape index (κ2) is 4.56. The fourth-order valence-electron chi connectivity index (χ4n) is 2.04. The lowest BCUT2D eigenvalue weighted by atomic mass is 10.2. The summed E-state index contributed by atoms with van der Waals surface area (Å²) >= 11 is 0. The number of amides is 1. The lowest BCUT2D eigenvalue weighted by Crippen LogP contribution is -2.29. The van der Waals surface area contributed by atoms with Crippen LogP contribution in [-0.2, 0) is 16.0 Å². The Labute approximate surface area is 109 Å². The van der Waals surface area contributed by atoms with E-state index in [0.29, 0.717) is 17.9 Å². The van der Waals surface area contributed by atoms with Gasteiger partial charge in [0.05, 0.1) is 13.0 Å². The van der Waals surface area contributed by atoms with Gasteiger partial charge in [-0.15, -0.1) is 0 Å². The SMILES string of the molecule is O=CCN1C(=O)Cc2cnc(-c3ccncc3)nc21. The molecule has 0 spiro atoms. The van der Waals surface area contributed by atoms with Crippen LogP contribution in [0.2, 0.25) is 0 Å². The van der Waals surface area contributed by atoms with E-state index in [1.165, 1.54) is 4.90 Å². The molecule has 0 saturated carbocycles. The number of anilines is 1. The van der Waals surface area contributed by atoms with Crippen molar-refractivity contribution in [2.24, 2.45) is 0 Å². The average Bonchev–Trinajstić information content (AvgIpc) is 2.76. The molecule has 2 aromatic rings. The highest BCUT2D eigenvalue weighted by molar-refractivity contribution is 6.02. The third-order valence-electron chi connectivity index (χ3n) is 2.94. The highest BCUT2D eigenvalue weighted by Gasteiger charge is 2.29. The summed E-state index contributed by atoms with van der Waals surface area (Å²) in [5.41, 5.74) is 1.58. The fraction of sp³-hybridized carbons (Fsp3) is 0.154. The van der Waals surface area contributed by atoms with Crippen LogP contribution in [0, 0.1) is 0 Å². The molecular formula is C13H10N4O2. The Kier molecular flexibility index (Phi) is 2.75. The molecule has 0 radical (unpaired) electrons. The molecule has 1 aliphatic heterocycles. The number of carbonyl (C=O) groups excluding carboxylic acids is 2. The van der Waals surface area contributed by atoms with E-state index >= 15 is 0 Å². The van der Waals surface area contributed by atoms with E-state index in [1.807, 2.05) is 0 Å². The van der Waals surface area contributed by atoms with Crippen molar-refractivity contribution in [1.82, 2.24) is 15.0 Å². The largest absolute Gasteiger partial charge is 0.301 e. The van der Waals surface area contributed by atoms with E-state index in [0.717, 1.165) is 11.1 Å². The van der Waals surface area contributed by atoms with Crippen LogP contribution in [0.5, 0.6) is 0 Å². The Morgan fingerprint density at radius 2 is 2.11 bits per heavy atom. The number of rotatable bonds is 3. The van der Waals surface area contributed by atoms with Gasteiger partial charge in [0.25, 0.3) is 0 Å². The van der Waals surface area contributed by atoms with Gasteiger partial charge in [0.15, 0.2) is 5.82 Å².